The molecule has 1 aliphatic rings. The first-order chi connectivity index (χ1) is 8.15. The molecule has 17 heavy (non-hydrogen) atoms. The molecule has 2 N–H and O–H groups in total. The molecule has 1 aromatic heterocycles. The van der Waals surface area contributed by atoms with Crippen LogP contribution in [0, 0.1) is 11.8 Å². The molecule has 0 radical (unpaired) electrons. The maximum atomic E-state index is 6.03. The van der Waals surface area contributed by atoms with E-state index in [2.05, 4.69) is 16.5 Å². The lowest BCUT2D eigenvalue weighted by molar-refractivity contribution is 0.439. The maximum absolute atomic E-state index is 6.03. The van der Waals surface area contributed by atoms with Gasteiger partial charge in [-0.25, -0.2) is 4.98 Å². The van der Waals surface area contributed by atoms with Crippen molar-refractivity contribution in [3.8, 4) is 0 Å². The van der Waals surface area contributed by atoms with Gasteiger partial charge in [-0.05, 0) is 42.9 Å². The molecule has 3 nitrogen and oxygen atoms in total. The number of nitrogens with two attached hydrogens (primary N) is 1. The van der Waals surface area contributed by atoms with Crippen molar-refractivity contribution in [3.63, 3.8) is 0 Å². The van der Waals surface area contributed by atoms with Crippen molar-refractivity contribution in [1.82, 2.24) is 9.55 Å². The number of anilines is 1. The summed E-state index contributed by atoms with van der Waals surface area (Å²) < 4.78 is 2.09. The zero-order chi connectivity index (χ0) is 12.0. The highest BCUT2D eigenvalue weighted by Crippen LogP contribution is 2.38. The monoisotopic (exact) mass is 249 g/mol. The summed E-state index contributed by atoms with van der Waals surface area (Å²) >= 11 is 6.03. The Kier molecular flexibility index (Phi) is 2.51. The lowest BCUT2D eigenvalue weighted by Gasteiger charge is -2.13. The molecule has 0 aliphatic heterocycles. The van der Waals surface area contributed by atoms with Crippen molar-refractivity contribution in [2.75, 3.05) is 5.73 Å². The summed E-state index contributed by atoms with van der Waals surface area (Å²) in [6, 6.07) is 5.72. The number of halogens is 1. The molecule has 1 aromatic carbocycles. The molecule has 1 fully saturated rings. The molecule has 90 valence electrons. The second-order valence-corrected chi connectivity index (χ2v) is 5.46. The number of hydrogen-bond acceptors (Lipinski definition) is 2. The summed E-state index contributed by atoms with van der Waals surface area (Å²) in [6.45, 7) is 3.22. The van der Waals surface area contributed by atoms with E-state index in [0.29, 0.717) is 11.9 Å². The van der Waals surface area contributed by atoms with Crippen LogP contribution < -0.4 is 5.73 Å². The molecule has 1 unspecified atom stereocenters. The molecule has 1 atom stereocenters. The zero-order valence-electron chi connectivity index (χ0n) is 9.86. The number of benzene rings is 1. The van der Waals surface area contributed by atoms with Crippen LogP contribution in [0.25, 0.3) is 11.0 Å². The molecule has 0 spiro atoms. The normalized spacial score (nSPS) is 17.5. The Morgan fingerprint density at radius 1 is 1.53 bits per heavy atom. The van der Waals surface area contributed by atoms with E-state index in [1.54, 1.807) is 0 Å². The Hall–Kier alpha value is -1.22. The van der Waals surface area contributed by atoms with Gasteiger partial charge in [0.05, 0.1) is 11.0 Å². The van der Waals surface area contributed by atoms with E-state index in [9.17, 15) is 0 Å². The highest BCUT2D eigenvalue weighted by molar-refractivity contribution is 6.31. The minimum absolute atomic E-state index is 0.592. The second-order valence-electron chi connectivity index (χ2n) is 5.03. The third-order valence-corrected chi connectivity index (χ3v) is 3.87. The first-order valence-corrected chi connectivity index (χ1v) is 6.44. The largest absolute Gasteiger partial charge is 0.369 e. The lowest BCUT2D eigenvalue weighted by Crippen LogP contribution is -2.11. The van der Waals surface area contributed by atoms with Crippen molar-refractivity contribution in [2.24, 2.45) is 11.8 Å². The van der Waals surface area contributed by atoms with Gasteiger partial charge in [-0.1, -0.05) is 18.5 Å². The molecular formula is C13H16ClN3. The first-order valence-electron chi connectivity index (χ1n) is 6.06. The van der Waals surface area contributed by atoms with Crippen LogP contribution >= 0.6 is 11.6 Å². The number of rotatable bonds is 3. The number of hydrogen-bond donors (Lipinski definition) is 1. The predicted octanol–water partition coefficient (Wildman–Crippen LogP) is 3.32. The average Bonchev–Trinajstić information content (AvgIpc) is 3.08. The topological polar surface area (TPSA) is 43.8 Å². The van der Waals surface area contributed by atoms with E-state index >= 15 is 0 Å². The second kappa shape index (κ2) is 3.91. The van der Waals surface area contributed by atoms with E-state index in [-0.39, 0.29) is 0 Å². The minimum Gasteiger partial charge on any atom is -0.369 e. The number of aromatic nitrogens is 2. The summed E-state index contributed by atoms with van der Waals surface area (Å²) in [6.07, 6.45) is 2.71. The average molecular weight is 250 g/mol. The Bertz CT molecular complexity index is 557. The highest BCUT2D eigenvalue weighted by Gasteiger charge is 2.28. The third kappa shape index (κ3) is 2.00. The van der Waals surface area contributed by atoms with Crippen molar-refractivity contribution in [3.05, 3.63) is 23.2 Å². The smallest absolute Gasteiger partial charge is 0.201 e. The van der Waals surface area contributed by atoms with Gasteiger partial charge in [-0.2, -0.15) is 0 Å². The summed E-state index contributed by atoms with van der Waals surface area (Å²) in [5.41, 5.74) is 7.95. The highest BCUT2D eigenvalue weighted by atomic mass is 35.5. The molecule has 0 amide bonds. The summed E-state index contributed by atoms with van der Waals surface area (Å²) in [4.78, 5) is 4.37. The van der Waals surface area contributed by atoms with Crippen LogP contribution in [-0.2, 0) is 6.54 Å². The fraction of sp³-hybridized carbons (Fsp3) is 0.462. The van der Waals surface area contributed by atoms with E-state index in [1.807, 2.05) is 18.2 Å². The summed E-state index contributed by atoms with van der Waals surface area (Å²) in [5, 5.41) is 0.734. The van der Waals surface area contributed by atoms with E-state index in [1.165, 1.54) is 12.8 Å². The molecule has 1 aliphatic carbocycles. The Morgan fingerprint density at radius 3 is 3.00 bits per heavy atom. The van der Waals surface area contributed by atoms with Crippen molar-refractivity contribution >= 4 is 28.6 Å². The van der Waals surface area contributed by atoms with Crippen LogP contribution in [0.3, 0.4) is 0 Å². The van der Waals surface area contributed by atoms with Crippen LogP contribution in [0.4, 0.5) is 5.95 Å². The van der Waals surface area contributed by atoms with Gasteiger partial charge in [0.1, 0.15) is 0 Å². The predicted molar refractivity (Wildman–Crippen MR) is 71.0 cm³/mol. The lowest BCUT2D eigenvalue weighted by atomic mass is 10.1. The fourth-order valence-corrected chi connectivity index (χ4v) is 2.58. The van der Waals surface area contributed by atoms with Gasteiger partial charge in [0.25, 0.3) is 0 Å². The van der Waals surface area contributed by atoms with Gasteiger partial charge in [-0.3, -0.25) is 0 Å². The molecule has 3 rings (SSSR count). The van der Waals surface area contributed by atoms with Gasteiger partial charge in [0.2, 0.25) is 5.95 Å². The molecule has 0 bridgehead atoms. The van der Waals surface area contributed by atoms with Gasteiger partial charge < -0.3 is 10.3 Å². The molecule has 1 saturated carbocycles. The Labute approximate surface area is 106 Å². The van der Waals surface area contributed by atoms with Gasteiger partial charge in [0.15, 0.2) is 0 Å². The number of fused-ring (bicyclic) bond motifs is 1. The van der Waals surface area contributed by atoms with Gasteiger partial charge >= 0.3 is 0 Å². The van der Waals surface area contributed by atoms with Crippen molar-refractivity contribution < 1.29 is 0 Å². The SMILES string of the molecule is CC(Cn1c(N)nc2ccc(Cl)cc21)C1CC1. The summed E-state index contributed by atoms with van der Waals surface area (Å²) in [7, 11) is 0. The Balaban J connectivity index is 2.01. The summed E-state index contributed by atoms with van der Waals surface area (Å²) in [5.74, 6) is 2.12. The van der Waals surface area contributed by atoms with Crippen LogP contribution in [0.15, 0.2) is 18.2 Å². The van der Waals surface area contributed by atoms with E-state index in [4.69, 9.17) is 17.3 Å². The maximum Gasteiger partial charge on any atom is 0.201 e. The zero-order valence-corrected chi connectivity index (χ0v) is 10.6. The fourth-order valence-electron chi connectivity index (χ4n) is 2.41. The third-order valence-electron chi connectivity index (χ3n) is 3.64. The number of nitrogen functional groups attached to an aromatic ring is 1. The van der Waals surface area contributed by atoms with Crippen LogP contribution in [-0.4, -0.2) is 9.55 Å². The van der Waals surface area contributed by atoms with E-state index in [0.717, 1.165) is 28.5 Å². The van der Waals surface area contributed by atoms with Crippen molar-refractivity contribution in [2.45, 2.75) is 26.3 Å². The quantitative estimate of drug-likeness (QED) is 0.907. The minimum atomic E-state index is 0.592. The Morgan fingerprint density at radius 2 is 2.29 bits per heavy atom. The molecule has 2 aromatic rings. The van der Waals surface area contributed by atoms with Crippen molar-refractivity contribution in [1.29, 1.82) is 0 Å². The van der Waals surface area contributed by atoms with Crippen LogP contribution in [0.2, 0.25) is 5.02 Å². The van der Waals surface area contributed by atoms with Gasteiger partial charge in [-0.15, -0.1) is 0 Å². The molecule has 0 saturated heterocycles. The molecule has 4 heteroatoms. The molecule has 1 heterocycles. The number of nitrogens with zero attached hydrogens (tertiary/aromatic N) is 2. The van der Waals surface area contributed by atoms with Gasteiger partial charge in [0, 0.05) is 11.6 Å². The first kappa shape index (κ1) is 10.9. The molecular weight excluding hydrogens is 234 g/mol. The van der Waals surface area contributed by atoms with Crippen LogP contribution in [0.1, 0.15) is 19.8 Å². The van der Waals surface area contributed by atoms with E-state index < -0.39 is 0 Å². The number of imidazole rings is 1. The standard InChI is InChI=1S/C13H16ClN3/c1-8(9-2-3-9)7-17-12-6-10(14)4-5-11(12)16-13(17)15/h4-6,8-9H,2-3,7H2,1H3,(H2,15,16). The van der Waals surface area contributed by atoms with Crippen LogP contribution in [0.5, 0.6) is 0 Å².